The van der Waals surface area contributed by atoms with E-state index in [1.807, 2.05) is 23.1 Å². The van der Waals surface area contributed by atoms with Crippen LogP contribution in [-0.2, 0) is 11.2 Å². The number of carbonyl (C=O) groups is 1. The van der Waals surface area contributed by atoms with Gasteiger partial charge in [-0.3, -0.25) is 4.79 Å². The highest BCUT2D eigenvalue weighted by molar-refractivity contribution is 5.76. The summed E-state index contributed by atoms with van der Waals surface area (Å²) in [5, 5.41) is 0. The van der Waals surface area contributed by atoms with Crippen LogP contribution in [0.1, 0.15) is 32.3 Å². The average Bonchev–Trinajstić information content (AvgIpc) is 2.51. The minimum Gasteiger partial charge on any atom is -0.497 e. The standard InChI is InChI=1S/C18H27NO3/c1-13-7-14(2)12-19(11-13)18(20)6-5-15-8-16(21-3)10-17(9-15)22-4/h8-10,13-14H,5-7,11-12H2,1-4H3. The minimum atomic E-state index is 0.250. The van der Waals surface area contributed by atoms with Gasteiger partial charge in [0.2, 0.25) is 5.91 Å². The molecule has 0 spiro atoms. The summed E-state index contributed by atoms with van der Waals surface area (Å²) < 4.78 is 10.5. The number of piperidine rings is 1. The molecule has 0 aliphatic carbocycles. The van der Waals surface area contributed by atoms with Crippen molar-refractivity contribution in [2.45, 2.75) is 33.1 Å². The smallest absolute Gasteiger partial charge is 0.222 e. The molecule has 1 saturated heterocycles. The Labute approximate surface area is 133 Å². The molecule has 0 saturated carbocycles. The summed E-state index contributed by atoms with van der Waals surface area (Å²) in [6.07, 6.45) is 2.47. The zero-order chi connectivity index (χ0) is 16.1. The molecule has 1 amide bonds. The maximum atomic E-state index is 12.4. The highest BCUT2D eigenvalue weighted by atomic mass is 16.5. The van der Waals surface area contributed by atoms with Crippen molar-refractivity contribution in [1.82, 2.24) is 4.90 Å². The molecule has 1 aliphatic rings. The second-order valence-corrected chi connectivity index (χ2v) is 6.47. The van der Waals surface area contributed by atoms with Crippen LogP contribution in [0.5, 0.6) is 11.5 Å². The van der Waals surface area contributed by atoms with Crippen molar-refractivity contribution in [3.8, 4) is 11.5 Å². The summed E-state index contributed by atoms with van der Waals surface area (Å²) in [6, 6.07) is 5.79. The first-order valence-electron chi connectivity index (χ1n) is 8.01. The Balaban J connectivity index is 1.96. The van der Waals surface area contributed by atoms with E-state index in [1.54, 1.807) is 14.2 Å². The normalized spacial score (nSPS) is 21.5. The third-order valence-corrected chi connectivity index (χ3v) is 4.26. The van der Waals surface area contributed by atoms with E-state index < -0.39 is 0 Å². The number of amides is 1. The molecule has 22 heavy (non-hydrogen) atoms. The lowest BCUT2D eigenvalue weighted by atomic mass is 9.91. The highest BCUT2D eigenvalue weighted by Gasteiger charge is 2.24. The topological polar surface area (TPSA) is 38.8 Å². The molecule has 122 valence electrons. The van der Waals surface area contributed by atoms with Crippen molar-refractivity contribution >= 4 is 5.91 Å². The Kier molecular flexibility index (Phi) is 5.69. The SMILES string of the molecule is COc1cc(CCC(=O)N2CC(C)CC(C)C2)cc(OC)c1. The summed E-state index contributed by atoms with van der Waals surface area (Å²) in [4.78, 5) is 14.5. The molecule has 0 N–H and O–H groups in total. The van der Waals surface area contributed by atoms with Gasteiger partial charge in [-0.05, 0) is 42.4 Å². The zero-order valence-corrected chi connectivity index (χ0v) is 14.1. The first-order valence-corrected chi connectivity index (χ1v) is 8.01. The van der Waals surface area contributed by atoms with Gasteiger partial charge in [0.05, 0.1) is 14.2 Å². The van der Waals surface area contributed by atoms with Gasteiger partial charge in [-0.25, -0.2) is 0 Å². The summed E-state index contributed by atoms with van der Waals surface area (Å²) in [7, 11) is 3.28. The molecule has 1 aromatic carbocycles. The predicted molar refractivity (Wildman–Crippen MR) is 87.4 cm³/mol. The van der Waals surface area contributed by atoms with Crippen LogP contribution in [0.2, 0.25) is 0 Å². The van der Waals surface area contributed by atoms with Crippen LogP contribution < -0.4 is 9.47 Å². The van der Waals surface area contributed by atoms with Gasteiger partial charge in [0, 0.05) is 25.6 Å². The first-order chi connectivity index (χ1) is 10.5. The number of hydrogen-bond acceptors (Lipinski definition) is 3. The van der Waals surface area contributed by atoms with E-state index in [-0.39, 0.29) is 5.91 Å². The fourth-order valence-electron chi connectivity index (χ4n) is 3.29. The maximum Gasteiger partial charge on any atom is 0.222 e. The number of likely N-dealkylation sites (tertiary alicyclic amines) is 1. The van der Waals surface area contributed by atoms with E-state index in [4.69, 9.17) is 9.47 Å². The Morgan fingerprint density at radius 1 is 1.09 bits per heavy atom. The molecule has 1 heterocycles. The van der Waals surface area contributed by atoms with E-state index >= 15 is 0 Å². The predicted octanol–water partition coefficient (Wildman–Crippen LogP) is 3.14. The largest absolute Gasteiger partial charge is 0.497 e. The molecule has 1 fully saturated rings. The second kappa shape index (κ2) is 7.52. The van der Waals surface area contributed by atoms with Crippen molar-refractivity contribution < 1.29 is 14.3 Å². The quantitative estimate of drug-likeness (QED) is 0.839. The third-order valence-electron chi connectivity index (χ3n) is 4.26. The van der Waals surface area contributed by atoms with Crippen molar-refractivity contribution in [1.29, 1.82) is 0 Å². The van der Waals surface area contributed by atoms with Gasteiger partial charge in [0.1, 0.15) is 11.5 Å². The lowest BCUT2D eigenvalue weighted by Crippen LogP contribution is -2.42. The van der Waals surface area contributed by atoms with Gasteiger partial charge in [-0.1, -0.05) is 13.8 Å². The van der Waals surface area contributed by atoms with E-state index in [9.17, 15) is 4.79 Å². The molecular formula is C18H27NO3. The molecule has 4 nitrogen and oxygen atoms in total. The monoisotopic (exact) mass is 305 g/mol. The van der Waals surface area contributed by atoms with Crippen LogP contribution in [0.3, 0.4) is 0 Å². The Bertz CT molecular complexity index is 483. The van der Waals surface area contributed by atoms with E-state index in [2.05, 4.69) is 13.8 Å². The van der Waals surface area contributed by atoms with Crippen molar-refractivity contribution in [3.05, 3.63) is 23.8 Å². The molecule has 1 aliphatic heterocycles. The number of methoxy groups -OCH3 is 2. The van der Waals surface area contributed by atoms with Gasteiger partial charge < -0.3 is 14.4 Å². The van der Waals surface area contributed by atoms with E-state index in [1.165, 1.54) is 6.42 Å². The van der Waals surface area contributed by atoms with Crippen LogP contribution in [0, 0.1) is 11.8 Å². The lowest BCUT2D eigenvalue weighted by molar-refractivity contribution is -0.133. The van der Waals surface area contributed by atoms with Gasteiger partial charge in [-0.15, -0.1) is 0 Å². The second-order valence-electron chi connectivity index (χ2n) is 6.47. The number of nitrogens with zero attached hydrogens (tertiary/aromatic N) is 1. The first kappa shape index (κ1) is 16.7. The maximum absolute atomic E-state index is 12.4. The number of benzene rings is 1. The van der Waals surface area contributed by atoms with Crippen LogP contribution in [0.25, 0.3) is 0 Å². The molecule has 2 atom stereocenters. The minimum absolute atomic E-state index is 0.250. The number of rotatable bonds is 5. The zero-order valence-electron chi connectivity index (χ0n) is 14.1. The number of ether oxygens (including phenoxy) is 2. The summed E-state index contributed by atoms with van der Waals surface area (Å²) in [6.45, 7) is 6.24. The molecule has 2 unspecified atom stereocenters. The van der Waals surface area contributed by atoms with Crippen LogP contribution in [0.4, 0.5) is 0 Å². The van der Waals surface area contributed by atoms with Crippen molar-refractivity contribution in [3.63, 3.8) is 0 Å². The van der Waals surface area contributed by atoms with Gasteiger partial charge in [-0.2, -0.15) is 0 Å². The van der Waals surface area contributed by atoms with E-state index in [0.717, 1.165) is 30.2 Å². The van der Waals surface area contributed by atoms with Gasteiger partial charge in [0.25, 0.3) is 0 Å². The molecule has 0 bridgehead atoms. The molecule has 0 aromatic heterocycles. The summed E-state index contributed by atoms with van der Waals surface area (Å²) >= 11 is 0. The molecule has 2 rings (SSSR count). The number of hydrogen-bond donors (Lipinski definition) is 0. The number of aryl methyl sites for hydroxylation is 1. The van der Waals surface area contributed by atoms with Crippen LogP contribution in [0.15, 0.2) is 18.2 Å². The Morgan fingerprint density at radius 2 is 1.64 bits per heavy atom. The molecule has 0 radical (unpaired) electrons. The number of carbonyl (C=O) groups excluding carboxylic acids is 1. The van der Waals surface area contributed by atoms with Crippen molar-refractivity contribution in [2.75, 3.05) is 27.3 Å². The van der Waals surface area contributed by atoms with Crippen LogP contribution >= 0.6 is 0 Å². The average molecular weight is 305 g/mol. The Morgan fingerprint density at radius 3 is 2.14 bits per heavy atom. The lowest BCUT2D eigenvalue weighted by Gasteiger charge is -2.35. The van der Waals surface area contributed by atoms with E-state index in [0.29, 0.717) is 24.7 Å². The summed E-state index contributed by atoms with van der Waals surface area (Å²) in [5.74, 6) is 2.98. The van der Waals surface area contributed by atoms with Gasteiger partial charge >= 0.3 is 0 Å². The molecule has 1 aromatic rings. The summed E-state index contributed by atoms with van der Waals surface area (Å²) in [5.41, 5.74) is 1.07. The molecular weight excluding hydrogens is 278 g/mol. The fraction of sp³-hybridized carbons (Fsp3) is 0.611. The van der Waals surface area contributed by atoms with Gasteiger partial charge in [0.15, 0.2) is 0 Å². The third kappa shape index (κ3) is 4.39. The molecule has 4 heteroatoms. The van der Waals surface area contributed by atoms with Crippen molar-refractivity contribution in [2.24, 2.45) is 11.8 Å². The highest BCUT2D eigenvalue weighted by Crippen LogP contribution is 2.25. The van der Waals surface area contributed by atoms with Crippen LogP contribution in [-0.4, -0.2) is 38.1 Å². The Hall–Kier alpha value is -1.71. The fourth-order valence-corrected chi connectivity index (χ4v) is 3.29.